The van der Waals surface area contributed by atoms with Crippen LogP contribution in [0.25, 0.3) is 21.3 Å². The molecule has 2 N–H and O–H groups in total. The average Bonchev–Trinajstić information content (AvgIpc) is 3.05. The van der Waals surface area contributed by atoms with E-state index in [0.717, 1.165) is 17.5 Å². The molecule has 1 amide bonds. The number of fused-ring (bicyclic) bond motifs is 1. The number of hydrogen-bond acceptors (Lipinski definition) is 4. The van der Waals surface area contributed by atoms with Crippen LogP contribution < -0.4 is 11.3 Å². The number of aromatic nitrogens is 2. The van der Waals surface area contributed by atoms with E-state index >= 15 is 0 Å². The monoisotopic (exact) mass is 355 g/mol. The Balaban J connectivity index is 2.27. The van der Waals surface area contributed by atoms with E-state index in [9.17, 15) is 9.59 Å². The number of benzene rings is 1. The predicted molar refractivity (Wildman–Crippen MR) is 102 cm³/mol. The summed E-state index contributed by atoms with van der Waals surface area (Å²) in [6.07, 6.45) is 1.52. The molecule has 1 unspecified atom stereocenters. The van der Waals surface area contributed by atoms with Crippen LogP contribution in [0.5, 0.6) is 0 Å². The molecule has 2 aromatic heterocycles. The van der Waals surface area contributed by atoms with Crippen molar-refractivity contribution in [2.75, 3.05) is 0 Å². The van der Waals surface area contributed by atoms with Crippen LogP contribution in [-0.4, -0.2) is 15.5 Å². The van der Waals surface area contributed by atoms with Gasteiger partial charge in [-0.3, -0.25) is 14.2 Å². The smallest absolute Gasteiger partial charge is 0.263 e. The normalized spacial score (nSPS) is 12.4. The summed E-state index contributed by atoms with van der Waals surface area (Å²) >= 11 is 1.45. The summed E-state index contributed by atoms with van der Waals surface area (Å²) in [5.41, 5.74) is 8.31. The summed E-state index contributed by atoms with van der Waals surface area (Å²) in [5.74, 6) is 0.0422. The maximum Gasteiger partial charge on any atom is 0.263 e. The standard InChI is InChI=1S/C19H21N3O2S/c1-4-12-6-8-13(9-7-12)14-10-25-18-16(14)19(24)22(11(3)17(20)23)15(5-2)21-18/h6-11H,4-5H2,1-3H3,(H2,20,23). The first-order chi connectivity index (χ1) is 12.0. The fourth-order valence-electron chi connectivity index (χ4n) is 2.95. The van der Waals surface area contributed by atoms with E-state index in [2.05, 4.69) is 24.0 Å². The van der Waals surface area contributed by atoms with Crippen molar-refractivity contribution < 1.29 is 4.79 Å². The SMILES string of the molecule is CCc1ccc(-c2csc3nc(CC)n(C(C)C(N)=O)c(=O)c23)cc1. The zero-order valence-electron chi connectivity index (χ0n) is 14.6. The van der Waals surface area contributed by atoms with Gasteiger partial charge >= 0.3 is 0 Å². The number of nitrogens with two attached hydrogens (primary N) is 1. The average molecular weight is 355 g/mol. The molecule has 0 saturated heterocycles. The highest BCUT2D eigenvalue weighted by Gasteiger charge is 2.21. The van der Waals surface area contributed by atoms with Crippen LogP contribution in [0.2, 0.25) is 0 Å². The Labute approximate surface area is 150 Å². The second-order valence-corrected chi connectivity index (χ2v) is 6.87. The maximum atomic E-state index is 13.2. The van der Waals surface area contributed by atoms with Crippen LogP contribution in [0.15, 0.2) is 34.4 Å². The zero-order chi connectivity index (χ0) is 18.1. The molecule has 0 aliphatic carbocycles. The number of carbonyl (C=O) groups is 1. The summed E-state index contributed by atoms with van der Waals surface area (Å²) in [7, 11) is 0. The highest BCUT2D eigenvalue weighted by Crippen LogP contribution is 2.31. The molecule has 0 bridgehead atoms. The Morgan fingerprint density at radius 2 is 1.92 bits per heavy atom. The molecule has 25 heavy (non-hydrogen) atoms. The first-order valence-corrected chi connectivity index (χ1v) is 9.27. The van der Waals surface area contributed by atoms with E-state index in [0.29, 0.717) is 22.5 Å². The van der Waals surface area contributed by atoms with Gasteiger partial charge in [0.05, 0.1) is 5.39 Å². The second-order valence-electron chi connectivity index (χ2n) is 6.02. The molecule has 0 spiro atoms. The van der Waals surface area contributed by atoms with Crippen LogP contribution in [-0.2, 0) is 17.6 Å². The van der Waals surface area contributed by atoms with E-state index in [1.807, 2.05) is 24.4 Å². The van der Waals surface area contributed by atoms with Crippen molar-refractivity contribution in [3.8, 4) is 11.1 Å². The molecule has 0 aliphatic rings. The predicted octanol–water partition coefficient (Wildman–Crippen LogP) is 3.30. The summed E-state index contributed by atoms with van der Waals surface area (Å²) < 4.78 is 1.43. The van der Waals surface area contributed by atoms with Crippen molar-refractivity contribution in [2.24, 2.45) is 5.73 Å². The summed E-state index contributed by atoms with van der Waals surface area (Å²) in [5, 5.41) is 2.51. The minimum absolute atomic E-state index is 0.205. The molecular formula is C19H21N3O2S. The Hall–Kier alpha value is -2.47. The van der Waals surface area contributed by atoms with Crippen LogP contribution in [0, 0.1) is 0 Å². The van der Waals surface area contributed by atoms with Crippen LogP contribution >= 0.6 is 11.3 Å². The Kier molecular flexibility index (Phi) is 4.72. The molecular weight excluding hydrogens is 334 g/mol. The van der Waals surface area contributed by atoms with Crippen LogP contribution in [0.3, 0.4) is 0 Å². The van der Waals surface area contributed by atoms with Crippen molar-refractivity contribution >= 4 is 27.5 Å². The molecule has 1 aromatic carbocycles. The number of primary amides is 1. The van der Waals surface area contributed by atoms with Crippen molar-refractivity contribution in [3.63, 3.8) is 0 Å². The summed E-state index contributed by atoms with van der Waals surface area (Å²) in [6.45, 7) is 5.66. The van der Waals surface area contributed by atoms with Gasteiger partial charge in [-0.1, -0.05) is 38.1 Å². The lowest BCUT2D eigenvalue weighted by atomic mass is 10.0. The topological polar surface area (TPSA) is 78.0 Å². The third-order valence-corrected chi connectivity index (χ3v) is 5.37. The fourth-order valence-corrected chi connectivity index (χ4v) is 3.91. The van der Waals surface area contributed by atoms with Gasteiger partial charge in [-0.05, 0) is 24.5 Å². The zero-order valence-corrected chi connectivity index (χ0v) is 15.4. The molecule has 2 heterocycles. The lowest BCUT2D eigenvalue weighted by Crippen LogP contribution is -2.34. The van der Waals surface area contributed by atoms with E-state index < -0.39 is 11.9 Å². The van der Waals surface area contributed by atoms with Crippen molar-refractivity contribution in [3.05, 3.63) is 51.4 Å². The highest BCUT2D eigenvalue weighted by atomic mass is 32.1. The van der Waals surface area contributed by atoms with Crippen molar-refractivity contribution in [2.45, 2.75) is 39.7 Å². The number of rotatable bonds is 5. The Bertz CT molecular complexity index is 986. The van der Waals surface area contributed by atoms with Gasteiger partial charge in [0.2, 0.25) is 5.91 Å². The van der Waals surface area contributed by atoms with E-state index in [1.54, 1.807) is 6.92 Å². The van der Waals surface area contributed by atoms with Crippen LogP contribution in [0.1, 0.15) is 38.2 Å². The molecule has 6 heteroatoms. The number of amides is 1. The molecule has 3 rings (SSSR count). The van der Waals surface area contributed by atoms with E-state index in [4.69, 9.17) is 5.73 Å². The molecule has 1 atom stereocenters. The van der Waals surface area contributed by atoms with Gasteiger partial charge in [0.15, 0.2) is 0 Å². The van der Waals surface area contributed by atoms with Gasteiger partial charge in [-0.25, -0.2) is 4.98 Å². The molecule has 3 aromatic rings. The summed E-state index contributed by atoms with van der Waals surface area (Å²) in [6, 6.07) is 7.45. The highest BCUT2D eigenvalue weighted by molar-refractivity contribution is 7.17. The Morgan fingerprint density at radius 3 is 2.48 bits per heavy atom. The third-order valence-electron chi connectivity index (χ3n) is 4.50. The quantitative estimate of drug-likeness (QED) is 0.763. The number of hydrogen-bond donors (Lipinski definition) is 1. The van der Waals surface area contributed by atoms with Crippen molar-refractivity contribution in [1.29, 1.82) is 0 Å². The molecule has 0 radical (unpaired) electrons. The van der Waals surface area contributed by atoms with Crippen molar-refractivity contribution in [1.82, 2.24) is 9.55 Å². The number of carbonyl (C=O) groups excluding carboxylic acids is 1. The number of nitrogens with zero attached hydrogens (tertiary/aromatic N) is 2. The number of thiophene rings is 1. The largest absolute Gasteiger partial charge is 0.368 e. The lowest BCUT2D eigenvalue weighted by molar-refractivity contribution is -0.120. The van der Waals surface area contributed by atoms with Gasteiger partial charge in [0, 0.05) is 17.4 Å². The maximum absolute atomic E-state index is 13.2. The first kappa shape index (κ1) is 17.4. The van der Waals surface area contributed by atoms with Crippen LogP contribution in [0.4, 0.5) is 0 Å². The lowest BCUT2D eigenvalue weighted by Gasteiger charge is -2.16. The van der Waals surface area contributed by atoms with Gasteiger partial charge in [-0.2, -0.15) is 0 Å². The van der Waals surface area contributed by atoms with Gasteiger partial charge < -0.3 is 5.73 Å². The Morgan fingerprint density at radius 1 is 1.24 bits per heavy atom. The second kappa shape index (κ2) is 6.80. The summed E-state index contributed by atoms with van der Waals surface area (Å²) in [4.78, 5) is 30.1. The molecule has 130 valence electrons. The van der Waals surface area contributed by atoms with Gasteiger partial charge in [0.25, 0.3) is 5.56 Å². The van der Waals surface area contributed by atoms with E-state index in [1.165, 1.54) is 21.5 Å². The van der Waals surface area contributed by atoms with E-state index in [-0.39, 0.29) is 5.56 Å². The molecule has 0 saturated carbocycles. The van der Waals surface area contributed by atoms with Gasteiger partial charge in [-0.15, -0.1) is 11.3 Å². The molecule has 0 fully saturated rings. The number of aryl methyl sites for hydroxylation is 2. The fraction of sp³-hybridized carbons (Fsp3) is 0.316. The first-order valence-electron chi connectivity index (χ1n) is 8.39. The molecule has 0 aliphatic heterocycles. The van der Waals surface area contributed by atoms with Gasteiger partial charge in [0.1, 0.15) is 16.7 Å². The molecule has 5 nitrogen and oxygen atoms in total. The third kappa shape index (κ3) is 2.98. The minimum atomic E-state index is -0.727. The minimum Gasteiger partial charge on any atom is -0.368 e.